The molecule has 0 radical (unpaired) electrons. The maximum atomic E-state index is 13.8. The van der Waals surface area contributed by atoms with Gasteiger partial charge in [0.1, 0.15) is 23.2 Å². The molecule has 0 bridgehead atoms. The molecule has 3 aromatic carbocycles. The molecule has 2 amide bonds. The number of hydrogen-bond donors (Lipinski definition) is 3. The number of benzene rings is 3. The molecular weight excluding hydrogens is 484 g/mol. The Morgan fingerprint density at radius 2 is 1.34 bits per heavy atom. The lowest BCUT2D eigenvalue weighted by molar-refractivity contribution is -0.150. The zero-order valence-electron chi connectivity index (χ0n) is 21.9. The van der Waals surface area contributed by atoms with E-state index >= 15 is 0 Å². The number of anilines is 2. The van der Waals surface area contributed by atoms with E-state index in [0.717, 1.165) is 5.56 Å². The van der Waals surface area contributed by atoms with Gasteiger partial charge in [0, 0.05) is 12.3 Å². The van der Waals surface area contributed by atoms with Crippen LogP contribution in [0.3, 0.4) is 0 Å². The molecule has 1 fully saturated rings. The topological polar surface area (TPSA) is 114 Å². The number of Topliss-reactive ketones (excluding diaryl/α,β-unsaturated/α-hetero) is 1. The number of carbonyl (C=O) groups excluding carboxylic acids is 3. The van der Waals surface area contributed by atoms with Crippen molar-refractivity contribution >= 4 is 29.0 Å². The van der Waals surface area contributed by atoms with Crippen LogP contribution in [0.5, 0.6) is 11.5 Å². The number of ketones is 1. The lowest BCUT2D eigenvalue weighted by Crippen LogP contribution is -2.56. The second kappa shape index (κ2) is 11.1. The number of aliphatic hydroxyl groups is 1. The van der Waals surface area contributed by atoms with E-state index in [4.69, 9.17) is 9.47 Å². The average Bonchev–Trinajstić information content (AvgIpc) is 2.88. The lowest BCUT2D eigenvalue weighted by atomic mass is 9.61. The molecule has 38 heavy (non-hydrogen) atoms. The molecule has 4 rings (SSSR count). The van der Waals surface area contributed by atoms with E-state index in [9.17, 15) is 19.5 Å². The largest absolute Gasteiger partial charge is 0.495 e. The molecule has 8 heteroatoms. The van der Waals surface area contributed by atoms with Crippen molar-refractivity contribution in [3.63, 3.8) is 0 Å². The summed E-state index contributed by atoms with van der Waals surface area (Å²) in [5, 5.41) is 17.1. The molecule has 3 N–H and O–H groups in total. The highest BCUT2D eigenvalue weighted by atomic mass is 16.5. The zero-order chi connectivity index (χ0) is 27.4. The quantitative estimate of drug-likeness (QED) is 0.403. The fourth-order valence-electron chi connectivity index (χ4n) is 5.20. The number of hydrogen-bond acceptors (Lipinski definition) is 6. The Morgan fingerprint density at radius 3 is 1.87 bits per heavy atom. The minimum atomic E-state index is -1.71. The van der Waals surface area contributed by atoms with Gasteiger partial charge in [0.05, 0.1) is 37.1 Å². The van der Waals surface area contributed by atoms with Crippen LogP contribution >= 0.6 is 0 Å². The molecule has 0 aromatic heterocycles. The van der Waals surface area contributed by atoms with Crippen molar-refractivity contribution in [3.8, 4) is 11.5 Å². The first kappa shape index (κ1) is 26.9. The molecule has 3 aromatic rings. The van der Waals surface area contributed by atoms with Crippen molar-refractivity contribution in [2.75, 3.05) is 24.9 Å². The van der Waals surface area contributed by atoms with E-state index in [-0.39, 0.29) is 6.42 Å². The summed E-state index contributed by atoms with van der Waals surface area (Å²) in [7, 11) is 2.98. The SMILES string of the molecule is COc1ccccc1NC(=O)[C@@H]1C(=O)C[C@](C)(O)[C@H](C(=O)Nc2ccccc2OC)[C@H]1c1ccc(C)cc1. The molecular formula is C30H32N2O6. The van der Waals surface area contributed by atoms with Crippen molar-refractivity contribution in [1.29, 1.82) is 0 Å². The van der Waals surface area contributed by atoms with Crippen LogP contribution < -0.4 is 20.1 Å². The van der Waals surface area contributed by atoms with Crippen LogP contribution in [0.15, 0.2) is 72.8 Å². The van der Waals surface area contributed by atoms with Gasteiger partial charge in [-0.1, -0.05) is 54.1 Å². The standard InChI is InChI=1S/C30H32N2O6/c1-18-13-15-19(16-14-18)25-26(28(34)31-20-9-5-7-11-23(20)37-3)22(33)17-30(2,36)27(25)29(35)32-21-10-6-8-12-24(21)38-4/h5-16,25-27,36H,17H2,1-4H3,(H,31,34)(H,32,35)/t25-,26+,27-,30-/m0/s1. The number of ether oxygens (including phenoxy) is 2. The van der Waals surface area contributed by atoms with E-state index in [1.807, 2.05) is 19.1 Å². The third-order valence-electron chi connectivity index (χ3n) is 7.02. The summed E-state index contributed by atoms with van der Waals surface area (Å²) in [6.07, 6.45) is -0.358. The van der Waals surface area contributed by atoms with Crippen LogP contribution in [-0.4, -0.2) is 42.5 Å². The third kappa shape index (κ3) is 5.40. The minimum Gasteiger partial charge on any atom is -0.495 e. The molecule has 8 nitrogen and oxygen atoms in total. The third-order valence-corrected chi connectivity index (χ3v) is 7.02. The van der Waals surface area contributed by atoms with Gasteiger partial charge in [0.15, 0.2) is 0 Å². The van der Waals surface area contributed by atoms with E-state index in [1.54, 1.807) is 60.7 Å². The number of rotatable bonds is 7. The van der Waals surface area contributed by atoms with Gasteiger partial charge in [-0.25, -0.2) is 0 Å². The smallest absolute Gasteiger partial charge is 0.235 e. The molecule has 1 saturated carbocycles. The normalized spacial score (nSPS) is 22.9. The summed E-state index contributed by atoms with van der Waals surface area (Å²) >= 11 is 0. The fraction of sp³-hybridized carbons (Fsp3) is 0.300. The molecule has 0 aliphatic heterocycles. The van der Waals surface area contributed by atoms with E-state index < -0.39 is 41.0 Å². The van der Waals surface area contributed by atoms with Crippen LogP contribution in [0, 0.1) is 18.8 Å². The Kier molecular flexibility index (Phi) is 7.83. The second-order valence-corrected chi connectivity index (χ2v) is 9.77. The number of amides is 2. The Balaban J connectivity index is 1.78. The number of methoxy groups -OCH3 is 2. The summed E-state index contributed by atoms with van der Waals surface area (Å²) in [6.45, 7) is 3.39. The molecule has 1 aliphatic carbocycles. The summed E-state index contributed by atoms with van der Waals surface area (Å²) in [5.74, 6) is -3.94. The number of carbonyl (C=O) groups is 3. The van der Waals surface area contributed by atoms with Crippen molar-refractivity contribution in [2.45, 2.75) is 31.8 Å². The fourth-order valence-corrected chi connectivity index (χ4v) is 5.20. The van der Waals surface area contributed by atoms with Crippen molar-refractivity contribution in [1.82, 2.24) is 0 Å². The molecule has 0 saturated heterocycles. The Bertz CT molecular complexity index is 1330. The second-order valence-electron chi connectivity index (χ2n) is 9.77. The highest BCUT2D eigenvalue weighted by Crippen LogP contribution is 2.47. The predicted molar refractivity (Wildman–Crippen MR) is 144 cm³/mol. The van der Waals surface area contributed by atoms with Crippen LogP contribution in [0.2, 0.25) is 0 Å². The maximum Gasteiger partial charge on any atom is 0.235 e. The summed E-state index contributed by atoms with van der Waals surface area (Å²) < 4.78 is 10.7. The van der Waals surface area contributed by atoms with Gasteiger partial charge in [-0.3, -0.25) is 14.4 Å². The van der Waals surface area contributed by atoms with Crippen LogP contribution in [0.4, 0.5) is 11.4 Å². The highest BCUT2D eigenvalue weighted by molar-refractivity contribution is 6.11. The highest BCUT2D eigenvalue weighted by Gasteiger charge is 2.56. The molecule has 0 spiro atoms. The van der Waals surface area contributed by atoms with Gasteiger partial charge in [-0.05, 0) is 43.7 Å². The van der Waals surface area contributed by atoms with Crippen molar-refractivity contribution in [3.05, 3.63) is 83.9 Å². The first-order valence-corrected chi connectivity index (χ1v) is 12.4. The molecule has 198 valence electrons. The van der Waals surface area contributed by atoms with Crippen LogP contribution in [-0.2, 0) is 14.4 Å². The molecule has 0 unspecified atom stereocenters. The van der Waals surface area contributed by atoms with Crippen LogP contribution in [0.25, 0.3) is 0 Å². The van der Waals surface area contributed by atoms with Gasteiger partial charge in [-0.15, -0.1) is 0 Å². The Labute approximate surface area is 222 Å². The van der Waals surface area contributed by atoms with Gasteiger partial charge < -0.3 is 25.2 Å². The molecule has 4 atom stereocenters. The first-order valence-electron chi connectivity index (χ1n) is 12.4. The van der Waals surface area contributed by atoms with Gasteiger partial charge in [-0.2, -0.15) is 0 Å². The Hall–Kier alpha value is -4.17. The predicted octanol–water partition coefficient (Wildman–Crippen LogP) is 4.33. The van der Waals surface area contributed by atoms with Crippen LogP contribution in [0.1, 0.15) is 30.4 Å². The van der Waals surface area contributed by atoms with Gasteiger partial charge >= 0.3 is 0 Å². The van der Waals surface area contributed by atoms with Gasteiger partial charge in [0.2, 0.25) is 11.8 Å². The monoisotopic (exact) mass is 516 g/mol. The van der Waals surface area contributed by atoms with E-state index in [1.165, 1.54) is 21.1 Å². The summed E-state index contributed by atoms with van der Waals surface area (Å²) in [6, 6.07) is 21.1. The summed E-state index contributed by atoms with van der Waals surface area (Å²) in [5.41, 5.74) is 0.699. The number of para-hydroxylation sites is 4. The van der Waals surface area contributed by atoms with E-state index in [0.29, 0.717) is 28.4 Å². The van der Waals surface area contributed by atoms with Gasteiger partial charge in [0.25, 0.3) is 0 Å². The number of nitrogens with one attached hydrogen (secondary N) is 2. The number of aryl methyl sites for hydroxylation is 1. The zero-order valence-corrected chi connectivity index (χ0v) is 21.9. The van der Waals surface area contributed by atoms with Crippen molar-refractivity contribution < 1.29 is 29.0 Å². The minimum absolute atomic E-state index is 0.358. The van der Waals surface area contributed by atoms with E-state index in [2.05, 4.69) is 10.6 Å². The maximum absolute atomic E-state index is 13.8. The van der Waals surface area contributed by atoms with Crippen molar-refractivity contribution in [2.24, 2.45) is 11.8 Å². The average molecular weight is 517 g/mol. The molecule has 1 aliphatic rings. The summed E-state index contributed by atoms with van der Waals surface area (Å²) in [4.78, 5) is 41.0. The Morgan fingerprint density at radius 1 is 0.842 bits per heavy atom. The first-order chi connectivity index (χ1) is 18.2. The lowest BCUT2D eigenvalue weighted by Gasteiger charge is -2.44. The molecule has 0 heterocycles.